The third-order valence-electron chi connectivity index (χ3n) is 4.43. The zero-order valence-electron chi connectivity index (χ0n) is 16.8. The van der Waals surface area contributed by atoms with Gasteiger partial charge in [0.05, 0.1) is 44.7 Å². The molecule has 27 heavy (non-hydrogen) atoms. The fourth-order valence-electron chi connectivity index (χ4n) is 3.20. The molecule has 0 aliphatic carbocycles. The van der Waals surface area contributed by atoms with E-state index in [1.54, 1.807) is 28.4 Å². The van der Waals surface area contributed by atoms with Crippen molar-refractivity contribution in [1.82, 2.24) is 4.86 Å². The molecule has 2 aromatic rings. The van der Waals surface area contributed by atoms with E-state index in [1.807, 2.05) is 36.4 Å². The van der Waals surface area contributed by atoms with Crippen molar-refractivity contribution in [3.63, 3.8) is 0 Å². The van der Waals surface area contributed by atoms with Crippen molar-refractivity contribution in [2.24, 2.45) is 0 Å². The standard InChI is InChI=1S/C20H29NO4P2/c1-7-26-21-27-20(2,18-14(22-3)10-8-11-15(18)23-4)19-16(24-5)12-9-13-17(19)25-6/h8-13,21,26-27H,7H2,1-6H3. The van der Waals surface area contributed by atoms with E-state index in [0.717, 1.165) is 40.3 Å². The molecular formula is C20H29NO4P2. The maximum absolute atomic E-state index is 5.73. The summed E-state index contributed by atoms with van der Waals surface area (Å²) in [7, 11) is 7.78. The number of rotatable bonds is 10. The van der Waals surface area contributed by atoms with Crippen molar-refractivity contribution >= 4 is 17.5 Å². The molecule has 7 heteroatoms. The number of benzene rings is 2. The normalized spacial score (nSPS) is 12.1. The highest BCUT2D eigenvalue weighted by molar-refractivity contribution is 7.53. The quantitative estimate of drug-likeness (QED) is 0.452. The molecular weight excluding hydrogens is 380 g/mol. The molecule has 0 amide bonds. The third kappa shape index (κ3) is 4.48. The Morgan fingerprint density at radius 2 is 1.15 bits per heavy atom. The molecule has 0 heterocycles. The van der Waals surface area contributed by atoms with Crippen molar-refractivity contribution in [1.29, 1.82) is 0 Å². The minimum absolute atomic E-state index is 0.378. The number of methoxy groups -OCH3 is 4. The van der Waals surface area contributed by atoms with Gasteiger partial charge in [-0.05, 0) is 46.1 Å². The van der Waals surface area contributed by atoms with Gasteiger partial charge in [-0.15, -0.1) is 0 Å². The van der Waals surface area contributed by atoms with Gasteiger partial charge in [0.1, 0.15) is 23.0 Å². The summed E-state index contributed by atoms with van der Waals surface area (Å²) in [4.78, 5) is 3.61. The van der Waals surface area contributed by atoms with Crippen LogP contribution in [-0.4, -0.2) is 34.6 Å². The van der Waals surface area contributed by atoms with Gasteiger partial charge in [-0.3, -0.25) is 4.86 Å². The molecule has 1 N–H and O–H groups in total. The van der Waals surface area contributed by atoms with Gasteiger partial charge < -0.3 is 18.9 Å². The number of nitrogens with one attached hydrogen (secondary N) is 1. The zero-order valence-corrected chi connectivity index (χ0v) is 18.8. The highest BCUT2D eigenvalue weighted by atomic mass is 31.1. The average molecular weight is 409 g/mol. The van der Waals surface area contributed by atoms with Crippen LogP contribution in [0.2, 0.25) is 0 Å². The first kappa shape index (κ1) is 21.8. The van der Waals surface area contributed by atoms with Crippen LogP contribution in [-0.2, 0) is 5.16 Å². The summed E-state index contributed by atoms with van der Waals surface area (Å²) in [6, 6.07) is 11.7. The fourth-order valence-corrected chi connectivity index (χ4v) is 6.00. The third-order valence-corrected chi connectivity index (χ3v) is 6.99. The van der Waals surface area contributed by atoms with E-state index >= 15 is 0 Å². The van der Waals surface area contributed by atoms with E-state index in [-0.39, 0.29) is 0 Å². The van der Waals surface area contributed by atoms with Crippen LogP contribution in [0.15, 0.2) is 36.4 Å². The Balaban J connectivity index is 2.80. The van der Waals surface area contributed by atoms with Crippen LogP contribution < -0.4 is 23.8 Å². The largest absolute Gasteiger partial charge is 0.496 e. The van der Waals surface area contributed by atoms with E-state index in [1.165, 1.54) is 0 Å². The molecule has 0 aliphatic rings. The minimum Gasteiger partial charge on any atom is -0.496 e. The molecule has 0 spiro atoms. The zero-order chi connectivity index (χ0) is 19.9. The van der Waals surface area contributed by atoms with Gasteiger partial charge in [0.2, 0.25) is 0 Å². The van der Waals surface area contributed by atoms with Crippen LogP contribution >= 0.6 is 17.5 Å². The van der Waals surface area contributed by atoms with Crippen LogP contribution in [0.5, 0.6) is 23.0 Å². The van der Waals surface area contributed by atoms with Crippen molar-refractivity contribution in [2.45, 2.75) is 19.0 Å². The molecule has 0 saturated heterocycles. The Bertz CT molecular complexity index is 655. The van der Waals surface area contributed by atoms with Gasteiger partial charge >= 0.3 is 0 Å². The summed E-state index contributed by atoms with van der Waals surface area (Å²) in [5.74, 6) is 3.11. The minimum atomic E-state index is -0.474. The number of ether oxygens (including phenoxy) is 4. The molecule has 2 rings (SSSR count). The number of hydrogen-bond acceptors (Lipinski definition) is 5. The Hall–Kier alpha value is -1.54. The molecule has 2 unspecified atom stereocenters. The molecule has 5 nitrogen and oxygen atoms in total. The van der Waals surface area contributed by atoms with E-state index < -0.39 is 5.16 Å². The lowest BCUT2D eigenvalue weighted by Gasteiger charge is -2.35. The average Bonchev–Trinajstić information content (AvgIpc) is 2.72. The Kier molecular flexibility index (Phi) is 8.16. The topological polar surface area (TPSA) is 49.0 Å². The smallest absolute Gasteiger partial charge is 0.127 e. The monoisotopic (exact) mass is 409 g/mol. The maximum atomic E-state index is 5.73. The van der Waals surface area contributed by atoms with Crippen LogP contribution in [0, 0.1) is 0 Å². The van der Waals surface area contributed by atoms with Gasteiger partial charge in [-0.1, -0.05) is 27.8 Å². The second-order valence-corrected chi connectivity index (χ2v) is 9.29. The summed E-state index contributed by atoms with van der Waals surface area (Å²) in [5.41, 5.74) is 1.95. The SMILES string of the molecule is CCPNPC(C)(c1c(OC)cccc1OC)c1c(OC)cccc1OC. The van der Waals surface area contributed by atoms with Crippen LogP contribution in [0.25, 0.3) is 0 Å². The summed E-state index contributed by atoms with van der Waals surface area (Å²) in [6.45, 7) is 4.35. The predicted octanol–water partition coefficient (Wildman–Crippen LogP) is 4.78. The molecule has 148 valence electrons. The van der Waals surface area contributed by atoms with Gasteiger partial charge in [0, 0.05) is 0 Å². The lowest BCUT2D eigenvalue weighted by atomic mass is 9.88. The highest BCUT2D eigenvalue weighted by Gasteiger charge is 2.39. The Morgan fingerprint density at radius 1 is 0.778 bits per heavy atom. The summed E-state index contributed by atoms with van der Waals surface area (Å²) in [5, 5.41) is -0.474. The number of hydrogen-bond donors (Lipinski definition) is 1. The van der Waals surface area contributed by atoms with E-state index in [9.17, 15) is 0 Å². The summed E-state index contributed by atoms with van der Waals surface area (Å²) in [6.07, 6.45) is 1.08. The van der Waals surface area contributed by atoms with E-state index in [0.29, 0.717) is 17.5 Å². The van der Waals surface area contributed by atoms with Gasteiger partial charge in [-0.25, -0.2) is 0 Å². The maximum Gasteiger partial charge on any atom is 0.127 e. The van der Waals surface area contributed by atoms with Crippen LogP contribution in [0.4, 0.5) is 0 Å². The summed E-state index contributed by atoms with van der Waals surface area (Å²) < 4.78 is 22.9. The van der Waals surface area contributed by atoms with Gasteiger partial charge in [0.25, 0.3) is 0 Å². The van der Waals surface area contributed by atoms with Crippen molar-refractivity contribution in [3.05, 3.63) is 47.5 Å². The van der Waals surface area contributed by atoms with Gasteiger partial charge in [-0.2, -0.15) is 0 Å². The van der Waals surface area contributed by atoms with Crippen LogP contribution in [0.1, 0.15) is 25.0 Å². The first-order valence-electron chi connectivity index (χ1n) is 8.75. The second kappa shape index (κ2) is 10.1. The van der Waals surface area contributed by atoms with Crippen molar-refractivity contribution in [3.8, 4) is 23.0 Å². The Morgan fingerprint density at radius 3 is 1.44 bits per heavy atom. The van der Waals surface area contributed by atoms with Gasteiger partial charge in [0.15, 0.2) is 0 Å². The highest BCUT2D eigenvalue weighted by Crippen LogP contribution is 2.57. The summed E-state index contributed by atoms with van der Waals surface area (Å²) >= 11 is 0. The molecule has 0 bridgehead atoms. The predicted molar refractivity (Wildman–Crippen MR) is 116 cm³/mol. The molecule has 2 aromatic carbocycles. The fraction of sp³-hybridized carbons (Fsp3) is 0.400. The molecule has 0 aliphatic heterocycles. The van der Waals surface area contributed by atoms with E-state index in [2.05, 4.69) is 18.7 Å². The van der Waals surface area contributed by atoms with E-state index in [4.69, 9.17) is 18.9 Å². The second-order valence-electron chi connectivity index (χ2n) is 5.98. The molecule has 0 aromatic heterocycles. The molecule has 0 saturated carbocycles. The molecule has 2 atom stereocenters. The lowest BCUT2D eigenvalue weighted by molar-refractivity contribution is 0.366. The lowest BCUT2D eigenvalue weighted by Crippen LogP contribution is -2.24. The van der Waals surface area contributed by atoms with Crippen LogP contribution in [0.3, 0.4) is 0 Å². The Labute approximate surface area is 165 Å². The van der Waals surface area contributed by atoms with Crippen molar-refractivity contribution < 1.29 is 18.9 Å². The molecule has 0 fully saturated rings. The first-order valence-corrected chi connectivity index (χ1v) is 11.0. The first-order chi connectivity index (χ1) is 13.1. The van der Waals surface area contributed by atoms with Crippen molar-refractivity contribution in [2.75, 3.05) is 34.6 Å². The molecule has 0 radical (unpaired) electrons.